The zero-order chi connectivity index (χ0) is 17.5. The van der Waals surface area contributed by atoms with Gasteiger partial charge in [0, 0.05) is 50.3 Å². The minimum absolute atomic E-state index is 0.257. The van der Waals surface area contributed by atoms with E-state index in [2.05, 4.69) is 55.4 Å². The molecule has 1 saturated heterocycles. The molecular weight excluding hydrogens is 338 g/mol. The fourth-order valence-electron chi connectivity index (χ4n) is 2.81. The maximum Gasteiger partial charge on any atom is 0.196 e. The fourth-order valence-corrected chi connectivity index (χ4v) is 2.99. The molecule has 0 radical (unpaired) electrons. The molecule has 1 fully saturated rings. The lowest BCUT2D eigenvalue weighted by Gasteiger charge is -2.29. The molecule has 0 aliphatic carbocycles. The summed E-state index contributed by atoms with van der Waals surface area (Å²) in [5, 5.41) is 13.7. The molecule has 1 aromatic carbocycles. The molecule has 0 aromatic heterocycles. The SMILES string of the molecule is NCCCNC1=NC(Nc2ccc(N3CCNCC3)cc2)NC=C1Cl. The van der Waals surface area contributed by atoms with Gasteiger partial charge in [-0.3, -0.25) is 0 Å². The molecule has 2 aliphatic rings. The average molecular weight is 364 g/mol. The number of hydrogen-bond donors (Lipinski definition) is 5. The second-order valence-electron chi connectivity index (χ2n) is 6.04. The molecule has 136 valence electrons. The summed E-state index contributed by atoms with van der Waals surface area (Å²) in [5.74, 6) is 0.684. The van der Waals surface area contributed by atoms with Crippen molar-refractivity contribution in [2.75, 3.05) is 49.5 Å². The highest BCUT2D eigenvalue weighted by Gasteiger charge is 2.15. The van der Waals surface area contributed by atoms with E-state index < -0.39 is 0 Å². The van der Waals surface area contributed by atoms with Crippen LogP contribution in [0.1, 0.15) is 6.42 Å². The number of nitrogens with zero attached hydrogens (tertiary/aromatic N) is 2. The lowest BCUT2D eigenvalue weighted by molar-refractivity contribution is 0.589. The first-order valence-corrected chi connectivity index (χ1v) is 9.10. The molecule has 25 heavy (non-hydrogen) atoms. The van der Waals surface area contributed by atoms with Crippen molar-refractivity contribution in [2.24, 2.45) is 10.7 Å². The zero-order valence-corrected chi connectivity index (χ0v) is 15.0. The number of halogens is 1. The van der Waals surface area contributed by atoms with E-state index in [1.165, 1.54) is 5.69 Å². The van der Waals surface area contributed by atoms with Crippen LogP contribution in [-0.4, -0.2) is 51.4 Å². The summed E-state index contributed by atoms with van der Waals surface area (Å²) in [5.41, 5.74) is 7.77. The number of anilines is 2. The van der Waals surface area contributed by atoms with E-state index >= 15 is 0 Å². The monoisotopic (exact) mass is 363 g/mol. The Morgan fingerprint density at radius 3 is 2.72 bits per heavy atom. The van der Waals surface area contributed by atoms with Gasteiger partial charge in [-0.15, -0.1) is 0 Å². The average Bonchev–Trinajstić information content (AvgIpc) is 2.66. The van der Waals surface area contributed by atoms with Crippen LogP contribution in [0.5, 0.6) is 0 Å². The predicted octanol–water partition coefficient (Wildman–Crippen LogP) is 0.812. The second kappa shape index (κ2) is 8.94. The highest BCUT2D eigenvalue weighted by atomic mass is 35.5. The Morgan fingerprint density at radius 2 is 2.00 bits per heavy atom. The number of amidine groups is 1. The molecule has 2 heterocycles. The van der Waals surface area contributed by atoms with Gasteiger partial charge >= 0.3 is 0 Å². The van der Waals surface area contributed by atoms with Crippen molar-refractivity contribution in [1.29, 1.82) is 0 Å². The summed E-state index contributed by atoms with van der Waals surface area (Å²) < 4.78 is 0. The standard InChI is InChI=1S/C17H26ClN7/c18-15-12-22-17(24-16(15)21-7-1-6-19)23-13-2-4-14(5-3-13)25-10-8-20-9-11-25/h2-5,12,17,20,22-23H,1,6-11,19H2,(H,21,24). The van der Waals surface area contributed by atoms with Crippen LogP contribution in [0.3, 0.4) is 0 Å². The van der Waals surface area contributed by atoms with Crippen LogP contribution in [0, 0.1) is 0 Å². The minimum atomic E-state index is -0.257. The lowest BCUT2D eigenvalue weighted by atomic mass is 10.2. The molecule has 0 saturated carbocycles. The molecule has 0 spiro atoms. The first-order chi connectivity index (χ1) is 12.3. The highest BCUT2D eigenvalue weighted by Crippen LogP contribution is 2.19. The van der Waals surface area contributed by atoms with E-state index in [-0.39, 0.29) is 6.29 Å². The number of nitrogens with one attached hydrogen (secondary N) is 4. The highest BCUT2D eigenvalue weighted by molar-refractivity contribution is 6.43. The number of rotatable bonds is 6. The topological polar surface area (TPSA) is 89.7 Å². The van der Waals surface area contributed by atoms with Crippen molar-refractivity contribution in [3.05, 3.63) is 35.5 Å². The van der Waals surface area contributed by atoms with Gasteiger partial charge in [-0.2, -0.15) is 0 Å². The van der Waals surface area contributed by atoms with Gasteiger partial charge in [-0.05, 0) is 37.2 Å². The van der Waals surface area contributed by atoms with E-state index in [1.54, 1.807) is 6.20 Å². The van der Waals surface area contributed by atoms with Crippen molar-refractivity contribution < 1.29 is 0 Å². The smallest absolute Gasteiger partial charge is 0.196 e. The van der Waals surface area contributed by atoms with Crippen LogP contribution < -0.4 is 31.9 Å². The van der Waals surface area contributed by atoms with Crippen molar-refractivity contribution in [2.45, 2.75) is 12.7 Å². The third-order valence-electron chi connectivity index (χ3n) is 4.18. The summed E-state index contributed by atoms with van der Waals surface area (Å²) in [6.07, 6.45) is 2.38. The van der Waals surface area contributed by atoms with Crippen LogP contribution in [0.4, 0.5) is 11.4 Å². The van der Waals surface area contributed by atoms with Crippen LogP contribution in [0.2, 0.25) is 0 Å². The Hall–Kier alpha value is -1.96. The lowest BCUT2D eigenvalue weighted by Crippen LogP contribution is -2.43. The van der Waals surface area contributed by atoms with Crippen LogP contribution in [0.15, 0.2) is 40.5 Å². The Kier molecular flexibility index (Phi) is 6.38. The number of benzene rings is 1. The summed E-state index contributed by atoms with van der Waals surface area (Å²) in [6, 6.07) is 8.44. The maximum absolute atomic E-state index is 6.17. The molecule has 2 aliphatic heterocycles. The van der Waals surface area contributed by atoms with Crippen LogP contribution in [0.25, 0.3) is 0 Å². The van der Waals surface area contributed by atoms with Crippen LogP contribution >= 0.6 is 11.6 Å². The second-order valence-corrected chi connectivity index (χ2v) is 6.44. The molecule has 1 aromatic rings. The number of aliphatic imine (C=N–C) groups is 1. The molecule has 1 unspecified atom stereocenters. The molecule has 0 bridgehead atoms. The van der Waals surface area contributed by atoms with Crippen molar-refractivity contribution in [3.63, 3.8) is 0 Å². The van der Waals surface area contributed by atoms with E-state index in [9.17, 15) is 0 Å². The molecular formula is C17H26ClN7. The Bertz CT molecular complexity index is 608. The Morgan fingerprint density at radius 1 is 1.24 bits per heavy atom. The van der Waals surface area contributed by atoms with E-state index in [4.69, 9.17) is 17.3 Å². The minimum Gasteiger partial charge on any atom is -0.369 e. The van der Waals surface area contributed by atoms with E-state index in [0.717, 1.165) is 44.8 Å². The zero-order valence-electron chi connectivity index (χ0n) is 14.3. The summed E-state index contributed by atoms with van der Waals surface area (Å²) in [4.78, 5) is 6.95. The van der Waals surface area contributed by atoms with Gasteiger partial charge < -0.3 is 31.9 Å². The van der Waals surface area contributed by atoms with Crippen molar-refractivity contribution in [1.82, 2.24) is 16.0 Å². The predicted molar refractivity (Wildman–Crippen MR) is 105 cm³/mol. The van der Waals surface area contributed by atoms with Gasteiger partial charge in [-0.1, -0.05) is 11.6 Å². The molecule has 3 rings (SSSR count). The van der Waals surface area contributed by atoms with E-state index in [0.29, 0.717) is 17.4 Å². The summed E-state index contributed by atoms with van der Waals surface area (Å²) in [6.45, 7) is 5.55. The number of nitrogens with two attached hydrogens (primary N) is 1. The normalized spacial score (nSPS) is 20.4. The third kappa shape index (κ3) is 5.01. The largest absolute Gasteiger partial charge is 0.369 e. The van der Waals surface area contributed by atoms with E-state index in [1.807, 2.05) is 0 Å². The molecule has 1 atom stereocenters. The van der Waals surface area contributed by atoms with Crippen molar-refractivity contribution >= 4 is 28.8 Å². The van der Waals surface area contributed by atoms with Gasteiger partial charge in [-0.25, -0.2) is 4.99 Å². The van der Waals surface area contributed by atoms with Gasteiger partial charge in [0.15, 0.2) is 6.29 Å². The van der Waals surface area contributed by atoms with Gasteiger partial charge in [0.1, 0.15) is 5.84 Å². The molecule has 8 heteroatoms. The van der Waals surface area contributed by atoms with Crippen molar-refractivity contribution in [3.8, 4) is 0 Å². The summed E-state index contributed by atoms with van der Waals surface area (Å²) >= 11 is 6.17. The Balaban J connectivity index is 1.58. The Labute approximate surface area is 153 Å². The van der Waals surface area contributed by atoms with Gasteiger partial charge in [0.2, 0.25) is 0 Å². The quantitative estimate of drug-likeness (QED) is 0.481. The number of piperazine rings is 1. The van der Waals surface area contributed by atoms with Gasteiger partial charge in [0.05, 0.1) is 5.03 Å². The maximum atomic E-state index is 6.17. The fraction of sp³-hybridized carbons (Fsp3) is 0.471. The van der Waals surface area contributed by atoms with Gasteiger partial charge in [0.25, 0.3) is 0 Å². The first-order valence-electron chi connectivity index (χ1n) is 8.72. The molecule has 0 amide bonds. The molecule has 6 N–H and O–H groups in total. The summed E-state index contributed by atoms with van der Waals surface area (Å²) in [7, 11) is 0. The molecule has 7 nitrogen and oxygen atoms in total. The number of hydrogen-bond acceptors (Lipinski definition) is 7. The van der Waals surface area contributed by atoms with Crippen LogP contribution in [-0.2, 0) is 0 Å². The first kappa shape index (κ1) is 17.8. The third-order valence-corrected chi connectivity index (χ3v) is 4.47.